The molecule has 1 aliphatic heterocycles. The maximum absolute atomic E-state index is 11.4. The van der Waals surface area contributed by atoms with Gasteiger partial charge < -0.3 is 5.32 Å². The second-order valence-corrected chi connectivity index (χ2v) is 8.27. The summed E-state index contributed by atoms with van der Waals surface area (Å²) >= 11 is 1.74. The minimum Gasteiger partial charge on any atom is -0.307 e. The number of benzene rings is 1. The Morgan fingerprint density at radius 3 is 2.32 bits per heavy atom. The molecule has 1 aliphatic rings. The van der Waals surface area contributed by atoms with Crippen molar-refractivity contribution in [3.63, 3.8) is 0 Å². The van der Waals surface area contributed by atoms with Crippen LogP contribution in [0.4, 0.5) is 0 Å². The molecule has 1 saturated heterocycles. The van der Waals surface area contributed by atoms with Crippen molar-refractivity contribution in [3.05, 3.63) is 29.8 Å². The van der Waals surface area contributed by atoms with Crippen LogP contribution in [0.5, 0.6) is 0 Å². The van der Waals surface area contributed by atoms with Crippen molar-refractivity contribution in [1.82, 2.24) is 5.32 Å². The van der Waals surface area contributed by atoms with Crippen LogP contribution in [-0.2, 0) is 9.84 Å². The Labute approximate surface area is 120 Å². The lowest BCUT2D eigenvalue weighted by molar-refractivity contribution is 0.420. The molecule has 0 aliphatic carbocycles. The summed E-state index contributed by atoms with van der Waals surface area (Å²) in [7, 11) is -2.77. The van der Waals surface area contributed by atoms with Gasteiger partial charge in [0.1, 0.15) is 9.84 Å². The van der Waals surface area contributed by atoms with E-state index in [1.165, 1.54) is 10.5 Å². The van der Waals surface area contributed by atoms with E-state index >= 15 is 0 Å². The van der Waals surface area contributed by atoms with Crippen molar-refractivity contribution in [2.45, 2.75) is 36.7 Å². The molecule has 1 atom stereocenters. The number of rotatable bonds is 4. The van der Waals surface area contributed by atoms with E-state index < -0.39 is 9.84 Å². The summed E-state index contributed by atoms with van der Waals surface area (Å²) in [6, 6.07) is 9.12. The highest BCUT2D eigenvalue weighted by Gasteiger charge is 2.24. The largest absolute Gasteiger partial charge is 0.307 e. The third-order valence-electron chi connectivity index (χ3n) is 3.66. The first-order chi connectivity index (χ1) is 9.00. The molecule has 0 amide bonds. The van der Waals surface area contributed by atoms with Crippen molar-refractivity contribution in [2.75, 3.05) is 17.8 Å². The Bertz CT molecular complexity index is 497. The fourth-order valence-electron chi connectivity index (χ4n) is 2.40. The Morgan fingerprint density at radius 1 is 1.21 bits per heavy atom. The minimum atomic E-state index is -2.77. The van der Waals surface area contributed by atoms with E-state index in [2.05, 4.69) is 42.8 Å². The van der Waals surface area contributed by atoms with Gasteiger partial charge in [-0.3, -0.25) is 0 Å². The monoisotopic (exact) mass is 299 g/mol. The van der Waals surface area contributed by atoms with E-state index in [1.807, 2.05) is 0 Å². The fraction of sp³-hybridized carbons (Fsp3) is 0.571. The lowest BCUT2D eigenvalue weighted by atomic mass is 10.1. The van der Waals surface area contributed by atoms with E-state index in [9.17, 15) is 8.42 Å². The zero-order valence-corrected chi connectivity index (χ0v) is 13.1. The molecule has 1 unspecified atom stereocenters. The van der Waals surface area contributed by atoms with Crippen molar-refractivity contribution in [1.29, 1.82) is 0 Å². The van der Waals surface area contributed by atoms with Crippen LogP contribution in [0.2, 0.25) is 0 Å². The molecular formula is C14H21NO2S2. The summed E-state index contributed by atoms with van der Waals surface area (Å²) in [6.07, 6.45) is 3.53. The highest BCUT2D eigenvalue weighted by Crippen LogP contribution is 2.21. The molecule has 1 aromatic rings. The van der Waals surface area contributed by atoms with Crippen LogP contribution in [0.3, 0.4) is 0 Å². The summed E-state index contributed by atoms with van der Waals surface area (Å²) in [5, 5.41) is 3.54. The van der Waals surface area contributed by atoms with Crippen LogP contribution in [0.15, 0.2) is 29.2 Å². The van der Waals surface area contributed by atoms with Gasteiger partial charge in [0.05, 0.1) is 11.5 Å². The van der Waals surface area contributed by atoms with Gasteiger partial charge >= 0.3 is 0 Å². The van der Waals surface area contributed by atoms with Gasteiger partial charge in [-0.15, -0.1) is 11.8 Å². The van der Waals surface area contributed by atoms with Gasteiger partial charge in [-0.25, -0.2) is 8.42 Å². The van der Waals surface area contributed by atoms with Crippen LogP contribution in [0.25, 0.3) is 0 Å². The molecule has 0 bridgehead atoms. The van der Waals surface area contributed by atoms with Gasteiger partial charge in [-0.1, -0.05) is 12.1 Å². The zero-order valence-electron chi connectivity index (χ0n) is 11.4. The third-order valence-corrected chi connectivity index (χ3v) is 6.12. The molecule has 106 valence electrons. The van der Waals surface area contributed by atoms with Crippen LogP contribution < -0.4 is 5.32 Å². The van der Waals surface area contributed by atoms with Gasteiger partial charge in [-0.05, 0) is 43.7 Å². The summed E-state index contributed by atoms with van der Waals surface area (Å²) in [5.41, 5.74) is 1.26. The van der Waals surface area contributed by atoms with Crippen molar-refractivity contribution in [2.24, 2.45) is 0 Å². The van der Waals surface area contributed by atoms with Crippen LogP contribution in [-0.4, -0.2) is 32.2 Å². The average molecular weight is 299 g/mol. The normalized spacial score (nSPS) is 21.2. The Kier molecular flexibility index (Phi) is 4.92. The second kappa shape index (κ2) is 6.29. The van der Waals surface area contributed by atoms with Gasteiger partial charge in [0.25, 0.3) is 0 Å². The predicted molar refractivity (Wildman–Crippen MR) is 81.4 cm³/mol. The molecule has 19 heavy (non-hydrogen) atoms. The number of hydrogen-bond donors (Lipinski definition) is 1. The quantitative estimate of drug-likeness (QED) is 0.868. The van der Waals surface area contributed by atoms with Gasteiger partial charge in [0, 0.05) is 17.0 Å². The molecule has 1 heterocycles. The average Bonchev–Trinajstić information content (AvgIpc) is 2.41. The molecule has 1 aromatic carbocycles. The molecule has 3 nitrogen and oxygen atoms in total. The van der Waals surface area contributed by atoms with E-state index in [-0.39, 0.29) is 6.04 Å². The van der Waals surface area contributed by atoms with Crippen LogP contribution >= 0.6 is 11.8 Å². The molecule has 5 heteroatoms. The molecule has 2 rings (SSSR count). The maximum Gasteiger partial charge on any atom is 0.150 e. The zero-order chi connectivity index (χ0) is 13.9. The lowest BCUT2D eigenvalue weighted by Gasteiger charge is -2.27. The summed E-state index contributed by atoms with van der Waals surface area (Å²) in [5.74, 6) is 0.644. The van der Waals surface area contributed by atoms with E-state index in [1.54, 1.807) is 11.8 Å². The Hall–Kier alpha value is -0.520. The number of sulfone groups is 1. The first-order valence-corrected chi connectivity index (χ1v) is 9.65. The van der Waals surface area contributed by atoms with Gasteiger partial charge in [0.2, 0.25) is 0 Å². The van der Waals surface area contributed by atoms with Crippen LogP contribution in [0.1, 0.15) is 31.4 Å². The molecule has 1 N–H and O–H groups in total. The summed E-state index contributed by atoms with van der Waals surface area (Å²) < 4.78 is 22.8. The Balaban J connectivity index is 1.91. The standard InChI is InChI=1S/C14H21NO2S2/c1-11(12-3-5-14(18-2)6-4-12)15-13-7-9-19(16,17)10-8-13/h3-6,11,13,15H,7-10H2,1-2H3. The number of hydrogen-bond acceptors (Lipinski definition) is 4. The number of thioether (sulfide) groups is 1. The molecule has 1 fully saturated rings. The molecule has 0 spiro atoms. The first-order valence-electron chi connectivity index (χ1n) is 6.60. The third kappa shape index (κ3) is 4.23. The topological polar surface area (TPSA) is 46.2 Å². The highest BCUT2D eigenvalue weighted by atomic mass is 32.2. The molecule has 0 saturated carbocycles. The predicted octanol–water partition coefficient (Wildman–Crippen LogP) is 2.64. The van der Waals surface area contributed by atoms with E-state index in [0.29, 0.717) is 17.5 Å². The molecule has 0 aromatic heterocycles. The fourth-order valence-corrected chi connectivity index (χ4v) is 4.30. The summed E-state index contributed by atoms with van der Waals surface area (Å²) in [6.45, 7) is 2.14. The number of nitrogens with one attached hydrogen (secondary N) is 1. The van der Waals surface area contributed by atoms with Crippen molar-refractivity contribution < 1.29 is 8.42 Å². The van der Waals surface area contributed by atoms with Gasteiger partial charge in [0.15, 0.2) is 0 Å². The highest BCUT2D eigenvalue weighted by molar-refractivity contribution is 7.98. The van der Waals surface area contributed by atoms with Gasteiger partial charge in [-0.2, -0.15) is 0 Å². The molecular weight excluding hydrogens is 278 g/mol. The first kappa shape index (κ1) is 14.9. The summed E-state index contributed by atoms with van der Waals surface area (Å²) in [4.78, 5) is 1.26. The minimum absolute atomic E-state index is 0.265. The van der Waals surface area contributed by atoms with E-state index in [0.717, 1.165) is 12.8 Å². The van der Waals surface area contributed by atoms with Crippen molar-refractivity contribution in [3.8, 4) is 0 Å². The SMILES string of the molecule is CSc1ccc(C(C)NC2CCS(=O)(=O)CC2)cc1. The smallest absolute Gasteiger partial charge is 0.150 e. The Morgan fingerprint density at radius 2 is 1.79 bits per heavy atom. The maximum atomic E-state index is 11.4. The van der Waals surface area contributed by atoms with Crippen LogP contribution in [0, 0.1) is 0 Å². The van der Waals surface area contributed by atoms with E-state index in [4.69, 9.17) is 0 Å². The lowest BCUT2D eigenvalue weighted by Crippen LogP contribution is -2.38. The second-order valence-electron chi connectivity index (χ2n) is 5.09. The van der Waals surface area contributed by atoms with Crippen molar-refractivity contribution >= 4 is 21.6 Å². The molecule has 0 radical (unpaired) electrons.